The summed E-state index contributed by atoms with van der Waals surface area (Å²) in [4.78, 5) is 28.7. The summed E-state index contributed by atoms with van der Waals surface area (Å²) in [6.07, 6.45) is 2.03. The highest BCUT2D eigenvalue weighted by Crippen LogP contribution is 2.38. The number of nitrogens with one attached hydrogen (secondary N) is 2. The molecule has 0 radical (unpaired) electrons. The van der Waals surface area contributed by atoms with Gasteiger partial charge in [-0.2, -0.15) is 0 Å². The lowest BCUT2D eigenvalue weighted by atomic mass is 10.2. The molecule has 1 atom stereocenters. The molecule has 1 aromatic carbocycles. The Morgan fingerprint density at radius 2 is 2.11 bits per heavy atom. The molecule has 3 rings (SSSR count). The number of amides is 2. The van der Waals surface area contributed by atoms with Gasteiger partial charge in [-0.05, 0) is 36.8 Å². The van der Waals surface area contributed by atoms with Crippen LogP contribution in [0.4, 0.5) is 11.5 Å². The van der Waals surface area contributed by atoms with E-state index in [1.807, 2.05) is 6.92 Å². The second-order valence-electron chi connectivity index (χ2n) is 5.99. The van der Waals surface area contributed by atoms with Gasteiger partial charge >= 0.3 is 0 Å². The molecular weight excluding hydrogens is 386 g/mol. The highest BCUT2D eigenvalue weighted by molar-refractivity contribution is 8.01. The number of benzene rings is 1. The largest absolute Gasteiger partial charge is 0.324 e. The predicted octanol–water partition coefficient (Wildman–Crippen LogP) is 2.71. The van der Waals surface area contributed by atoms with E-state index < -0.39 is 15.7 Å². The molecule has 2 N–H and O–H groups in total. The van der Waals surface area contributed by atoms with Gasteiger partial charge in [-0.25, -0.2) is 13.4 Å². The van der Waals surface area contributed by atoms with Crippen LogP contribution in [0.3, 0.4) is 0 Å². The van der Waals surface area contributed by atoms with Gasteiger partial charge in [0.15, 0.2) is 9.84 Å². The second kappa shape index (κ2) is 8.10. The summed E-state index contributed by atoms with van der Waals surface area (Å²) < 4.78 is 25.2. The number of rotatable bonds is 6. The van der Waals surface area contributed by atoms with Crippen LogP contribution in [0.2, 0.25) is 0 Å². The molecular formula is C18H19N3O4S2. The number of aromatic nitrogens is 1. The molecule has 1 unspecified atom stereocenters. The zero-order chi connectivity index (χ0) is 19.4. The molecule has 0 saturated carbocycles. The minimum atomic E-state index is -3.63. The number of hydrogen-bond acceptors (Lipinski definition) is 6. The first-order valence-electron chi connectivity index (χ1n) is 8.44. The first-order chi connectivity index (χ1) is 12.9. The number of nitrogens with zero attached hydrogens (tertiary/aromatic N) is 1. The number of anilines is 2. The van der Waals surface area contributed by atoms with E-state index in [4.69, 9.17) is 0 Å². The monoisotopic (exact) mass is 405 g/mol. The molecule has 0 saturated heterocycles. The Morgan fingerprint density at radius 1 is 1.30 bits per heavy atom. The SMILES string of the molecule is CCC1Sc2cc(S(=O)(=O)CCC(=O)Nc3ccccn3)ccc2NC1=O. The summed E-state index contributed by atoms with van der Waals surface area (Å²) in [5.41, 5.74) is 0.613. The fraction of sp³-hybridized carbons (Fsp3) is 0.278. The Balaban J connectivity index is 1.68. The van der Waals surface area contributed by atoms with E-state index in [0.29, 0.717) is 17.9 Å². The minimum absolute atomic E-state index is 0.0724. The van der Waals surface area contributed by atoms with Crippen LogP contribution in [0.1, 0.15) is 19.8 Å². The van der Waals surface area contributed by atoms with Crippen LogP contribution in [0, 0.1) is 0 Å². The zero-order valence-electron chi connectivity index (χ0n) is 14.6. The molecule has 142 valence electrons. The van der Waals surface area contributed by atoms with E-state index in [2.05, 4.69) is 15.6 Å². The van der Waals surface area contributed by atoms with E-state index in [9.17, 15) is 18.0 Å². The predicted molar refractivity (Wildman–Crippen MR) is 105 cm³/mol. The maximum absolute atomic E-state index is 12.6. The van der Waals surface area contributed by atoms with Crippen molar-refractivity contribution in [1.29, 1.82) is 0 Å². The topological polar surface area (TPSA) is 105 Å². The fourth-order valence-electron chi connectivity index (χ4n) is 2.57. The van der Waals surface area contributed by atoms with Gasteiger partial charge in [-0.15, -0.1) is 11.8 Å². The zero-order valence-corrected chi connectivity index (χ0v) is 16.3. The molecule has 0 fully saturated rings. The second-order valence-corrected chi connectivity index (χ2v) is 9.35. The van der Waals surface area contributed by atoms with Crippen LogP contribution >= 0.6 is 11.8 Å². The molecule has 9 heteroatoms. The third-order valence-electron chi connectivity index (χ3n) is 4.03. The summed E-state index contributed by atoms with van der Waals surface area (Å²) >= 11 is 1.36. The standard InChI is InChI=1S/C18H19N3O4S2/c1-2-14-18(23)20-13-7-6-12(11-15(13)26-14)27(24,25)10-8-17(22)21-16-5-3-4-9-19-16/h3-7,9,11,14H,2,8,10H2,1H3,(H,20,23)(H,19,21,22). The van der Waals surface area contributed by atoms with Crippen molar-refractivity contribution in [1.82, 2.24) is 4.98 Å². The summed E-state index contributed by atoms with van der Waals surface area (Å²) in [5.74, 6) is -0.412. The van der Waals surface area contributed by atoms with Crippen molar-refractivity contribution in [2.45, 2.75) is 34.8 Å². The first-order valence-corrected chi connectivity index (χ1v) is 11.0. The van der Waals surface area contributed by atoms with Gasteiger partial charge in [-0.3, -0.25) is 9.59 Å². The Bertz CT molecular complexity index is 962. The van der Waals surface area contributed by atoms with Crippen molar-refractivity contribution < 1.29 is 18.0 Å². The number of carbonyl (C=O) groups excluding carboxylic acids is 2. The molecule has 2 amide bonds. The number of pyridine rings is 1. The van der Waals surface area contributed by atoms with Crippen LogP contribution in [-0.2, 0) is 19.4 Å². The van der Waals surface area contributed by atoms with Gasteiger partial charge in [0.2, 0.25) is 11.8 Å². The van der Waals surface area contributed by atoms with Crippen LogP contribution in [0.15, 0.2) is 52.4 Å². The average molecular weight is 406 g/mol. The molecule has 27 heavy (non-hydrogen) atoms. The van der Waals surface area contributed by atoms with E-state index in [-0.39, 0.29) is 28.2 Å². The van der Waals surface area contributed by atoms with Crippen molar-refractivity contribution in [2.24, 2.45) is 0 Å². The van der Waals surface area contributed by atoms with Crippen LogP contribution in [0.5, 0.6) is 0 Å². The molecule has 0 bridgehead atoms. The number of fused-ring (bicyclic) bond motifs is 1. The van der Waals surface area contributed by atoms with E-state index in [1.54, 1.807) is 36.5 Å². The lowest BCUT2D eigenvalue weighted by Crippen LogP contribution is -2.28. The summed E-state index contributed by atoms with van der Waals surface area (Å²) in [5, 5.41) is 5.12. The van der Waals surface area contributed by atoms with Gasteiger partial charge in [0.25, 0.3) is 0 Å². The maximum Gasteiger partial charge on any atom is 0.237 e. The quantitative estimate of drug-likeness (QED) is 0.766. The van der Waals surface area contributed by atoms with Crippen molar-refractivity contribution >= 4 is 44.9 Å². The molecule has 7 nitrogen and oxygen atoms in total. The van der Waals surface area contributed by atoms with Crippen LogP contribution < -0.4 is 10.6 Å². The van der Waals surface area contributed by atoms with Crippen molar-refractivity contribution in [2.75, 3.05) is 16.4 Å². The van der Waals surface area contributed by atoms with Crippen molar-refractivity contribution in [3.05, 3.63) is 42.6 Å². The summed E-state index contributed by atoms with van der Waals surface area (Å²) in [6.45, 7) is 1.91. The van der Waals surface area contributed by atoms with Gasteiger partial charge in [0.1, 0.15) is 5.82 Å². The van der Waals surface area contributed by atoms with E-state index in [0.717, 1.165) is 4.90 Å². The molecule has 0 spiro atoms. The first kappa shape index (κ1) is 19.4. The Morgan fingerprint density at radius 3 is 2.81 bits per heavy atom. The minimum Gasteiger partial charge on any atom is -0.324 e. The molecule has 2 heterocycles. The van der Waals surface area contributed by atoms with E-state index >= 15 is 0 Å². The number of thioether (sulfide) groups is 1. The third kappa shape index (κ3) is 4.67. The Hall–Kier alpha value is -2.39. The highest BCUT2D eigenvalue weighted by atomic mass is 32.2. The summed E-state index contributed by atoms with van der Waals surface area (Å²) in [6, 6.07) is 9.69. The van der Waals surface area contributed by atoms with E-state index in [1.165, 1.54) is 17.8 Å². The van der Waals surface area contributed by atoms with Crippen LogP contribution in [0.25, 0.3) is 0 Å². The van der Waals surface area contributed by atoms with Crippen molar-refractivity contribution in [3.63, 3.8) is 0 Å². The lowest BCUT2D eigenvalue weighted by Gasteiger charge is -2.23. The summed E-state index contributed by atoms with van der Waals surface area (Å²) in [7, 11) is -3.63. The molecule has 1 aromatic heterocycles. The van der Waals surface area contributed by atoms with Crippen LogP contribution in [-0.4, -0.2) is 36.2 Å². The fourth-order valence-corrected chi connectivity index (χ4v) is 4.99. The number of hydrogen-bond donors (Lipinski definition) is 2. The molecule has 1 aliphatic rings. The third-order valence-corrected chi connectivity index (χ3v) is 7.17. The van der Waals surface area contributed by atoms with Gasteiger partial charge < -0.3 is 10.6 Å². The van der Waals surface area contributed by atoms with Gasteiger partial charge in [0, 0.05) is 17.5 Å². The number of carbonyl (C=O) groups is 2. The Kier molecular flexibility index (Phi) is 5.81. The lowest BCUT2D eigenvalue weighted by molar-refractivity contribution is -0.116. The van der Waals surface area contributed by atoms with Gasteiger partial charge in [-0.1, -0.05) is 13.0 Å². The number of sulfone groups is 1. The molecule has 2 aromatic rings. The molecule has 1 aliphatic heterocycles. The highest BCUT2D eigenvalue weighted by Gasteiger charge is 2.27. The smallest absolute Gasteiger partial charge is 0.237 e. The average Bonchev–Trinajstić information content (AvgIpc) is 2.66. The Labute approximate surface area is 161 Å². The van der Waals surface area contributed by atoms with Gasteiger partial charge in [0.05, 0.1) is 21.6 Å². The molecule has 0 aliphatic carbocycles. The maximum atomic E-state index is 12.6. The van der Waals surface area contributed by atoms with Crippen molar-refractivity contribution in [3.8, 4) is 0 Å². The normalized spacial score (nSPS) is 16.3.